The second-order valence-electron chi connectivity index (χ2n) is 5.60. The fourth-order valence-electron chi connectivity index (χ4n) is 2.67. The lowest BCUT2D eigenvalue weighted by Crippen LogP contribution is -2.25. The molecule has 1 fully saturated rings. The maximum atomic E-state index is 12.4. The van der Waals surface area contributed by atoms with Gasteiger partial charge in [0.25, 0.3) is 5.91 Å². The summed E-state index contributed by atoms with van der Waals surface area (Å²) in [4.78, 5) is 21.3. The van der Waals surface area contributed by atoms with Gasteiger partial charge in [0.2, 0.25) is 0 Å². The molecule has 1 N–H and O–H groups in total. The van der Waals surface area contributed by atoms with E-state index in [1.807, 2.05) is 30.3 Å². The van der Waals surface area contributed by atoms with Crippen LogP contribution in [0.1, 0.15) is 27.6 Å². The minimum absolute atomic E-state index is 0.0359. The molecule has 1 saturated carbocycles. The lowest BCUT2D eigenvalue weighted by atomic mass is 10.1. The molecule has 114 valence electrons. The Bertz CT molecular complexity index is 817. The number of benzene rings is 1. The molecule has 23 heavy (non-hydrogen) atoms. The Labute approximate surface area is 138 Å². The molecule has 0 radical (unpaired) electrons. The second kappa shape index (κ2) is 5.93. The van der Waals surface area contributed by atoms with Crippen LogP contribution >= 0.6 is 11.3 Å². The van der Waals surface area contributed by atoms with Crippen LogP contribution in [0, 0.1) is 0 Å². The van der Waals surface area contributed by atoms with E-state index in [1.165, 1.54) is 16.9 Å². The number of pyridine rings is 1. The summed E-state index contributed by atoms with van der Waals surface area (Å²) in [5.74, 6) is 0.402. The van der Waals surface area contributed by atoms with Crippen LogP contribution in [0.4, 0.5) is 0 Å². The Morgan fingerprint density at radius 2 is 1.91 bits per heavy atom. The molecule has 0 bridgehead atoms. The first-order valence-electron chi connectivity index (χ1n) is 7.53. The van der Waals surface area contributed by atoms with Crippen molar-refractivity contribution in [3.63, 3.8) is 0 Å². The predicted octanol–water partition coefficient (Wildman–Crippen LogP) is 3.49. The van der Waals surface area contributed by atoms with Crippen LogP contribution in [0.15, 0.2) is 61.1 Å². The van der Waals surface area contributed by atoms with E-state index in [9.17, 15) is 4.79 Å². The van der Waals surface area contributed by atoms with E-state index >= 15 is 0 Å². The molecular formula is C18H15N3OS. The number of hydrogen-bond acceptors (Lipinski definition) is 4. The highest BCUT2D eigenvalue weighted by molar-refractivity contribution is 7.16. The zero-order valence-electron chi connectivity index (χ0n) is 12.3. The standard InChI is InChI=1S/C18H15N3OS/c22-17(21-15-10-14(15)12-4-2-1-3-5-12)16-11-20-18(23-16)13-6-8-19-9-7-13/h1-9,11,14-15H,10H2,(H,21,22)/t14-,15+/m0/s1. The lowest BCUT2D eigenvalue weighted by Gasteiger charge is -2.02. The first-order valence-corrected chi connectivity index (χ1v) is 8.35. The van der Waals surface area contributed by atoms with Crippen LogP contribution in [0.3, 0.4) is 0 Å². The van der Waals surface area contributed by atoms with Crippen molar-refractivity contribution in [2.24, 2.45) is 0 Å². The summed E-state index contributed by atoms with van der Waals surface area (Å²) in [5, 5.41) is 3.94. The number of thiazole rings is 1. The minimum Gasteiger partial charge on any atom is -0.348 e. The van der Waals surface area contributed by atoms with Crippen molar-refractivity contribution in [1.29, 1.82) is 0 Å². The number of aromatic nitrogens is 2. The van der Waals surface area contributed by atoms with Crippen LogP contribution in [-0.4, -0.2) is 21.9 Å². The number of amides is 1. The molecule has 2 aromatic heterocycles. The minimum atomic E-state index is -0.0359. The summed E-state index contributed by atoms with van der Waals surface area (Å²) in [5.41, 5.74) is 2.28. The first kappa shape index (κ1) is 14.1. The predicted molar refractivity (Wildman–Crippen MR) is 90.4 cm³/mol. The van der Waals surface area contributed by atoms with Crippen molar-refractivity contribution in [3.8, 4) is 10.6 Å². The highest BCUT2D eigenvalue weighted by atomic mass is 32.1. The van der Waals surface area contributed by atoms with Crippen molar-refractivity contribution < 1.29 is 4.79 Å². The topological polar surface area (TPSA) is 54.9 Å². The molecule has 1 aliphatic rings. The molecule has 0 aliphatic heterocycles. The molecule has 0 saturated heterocycles. The largest absolute Gasteiger partial charge is 0.348 e. The van der Waals surface area contributed by atoms with Crippen molar-refractivity contribution in [3.05, 3.63) is 71.5 Å². The number of rotatable bonds is 4. The van der Waals surface area contributed by atoms with Gasteiger partial charge in [-0.25, -0.2) is 4.98 Å². The SMILES string of the molecule is O=C(N[C@@H]1C[C@H]1c1ccccc1)c1cnc(-c2ccncc2)s1. The van der Waals surface area contributed by atoms with E-state index < -0.39 is 0 Å². The number of carbonyl (C=O) groups is 1. The molecule has 1 aliphatic carbocycles. The Morgan fingerprint density at radius 1 is 1.13 bits per heavy atom. The summed E-state index contributed by atoms with van der Waals surface area (Å²) >= 11 is 1.41. The molecule has 0 spiro atoms. The number of nitrogens with one attached hydrogen (secondary N) is 1. The van der Waals surface area contributed by atoms with Crippen LogP contribution in [0.5, 0.6) is 0 Å². The van der Waals surface area contributed by atoms with Crippen molar-refractivity contribution in [2.45, 2.75) is 18.4 Å². The second-order valence-corrected chi connectivity index (χ2v) is 6.63. The van der Waals surface area contributed by atoms with Gasteiger partial charge in [0.1, 0.15) is 9.88 Å². The molecule has 2 atom stereocenters. The first-order chi connectivity index (χ1) is 11.3. The average Bonchev–Trinajstić information content (AvgIpc) is 3.19. The third-order valence-electron chi connectivity index (χ3n) is 3.99. The van der Waals surface area contributed by atoms with Gasteiger partial charge in [-0.3, -0.25) is 9.78 Å². The molecule has 0 unspecified atom stereocenters. The van der Waals surface area contributed by atoms with Crippen molar-refractivity contribution in [1.82, 2.24) is 15.3 Å². The van der Waals surface area contributed by atoms with Gasteiger partial charge in [-0.05, 0) is 24.1 Å². The van der Waals surface area contributed by atoms with E-state index in [4.69, 9.17) is 0 Å². The Balaban J connectivity index is 1.42. The van der Waals surface area contributed by atoms with Crippen molar-refractivity contribution in [2.75, 3.05) is 0 Å². The van der Waals surface area contributed by atoms with Gasteiger partial charge in [0.05, 0.1) is 6.20 Å². The van der Waals surface area contributed by atoms with Gasteiger partial charge in [0, 0.05) is 29.9 Å². The molecule has 5 heteroatoms. The van der Waals surface area contributed by atoms with Crippen LogP contribution in [-0.2, 0) is 0 Å². The molecule has 2 heterocycles. The Hall–Kier alpha value is -2.53. The molecular weight excluding hydrogens is 306 g/mol. The summed E-state index contributed by atoms with van der Waals surface area (Å²) < 4.78 is 0. The zero-order valence-corrected chi connectivity index (χ0v) is 13.2. The number of nitrogens with zero attached hydrogens (tertiary/aromatic N) is 2. The molecule has 1 aromatic carbocycles. The third-order valence-corrected chi connectivity index (χ3v) is 5.04. The van der Waals surface area contributed by atoms with Gasteiger partial charge in [-0.1, -0.05) is 30.3 Å². The quantitative estimate of drug-likeness (QED) is 0.800. The monoisotopic (exact) mass is 321 g/mol. The van der Waals surface area contributed by atoms with Gasteiger partial charge in [-0.2, -0.15) is 0 Å². The molecule has 1 amide bonds. The van der Waals surface area contributed by atoms with Crippen LogP contribution in [0.25, 0.3) is 10.6 Å². The molecule has 4 nitrogen and oxygen atoms in total. The maximum Gasteiger partial charge on any atom is 0.263 e. The maximum absolute atomic E-state index is 12.4. The molecule has 4 rings (SSSR count). The van der Waals surface area contributed by atoms with Crippen LogP contribution in [0.2, 0.25) is 0 Å². The van der Waals surface area contributed by atoms with Crippen LogP contribution < -0.4 is 5.32 Å². The van der Waals surface area contributed by atoms with Gasteiger partial charge in [0.15, 0.2) is 0 Å². The fraction of sp³-hybridized carbons (Fsp3) is 0.167. The smallest absolute Gasteiger partial charge is 0.263 e. The third kappa shape index (κ3) is 3.00. The van der Waals surface area contributed by atoms with Gasteiger partial charge in [-0.15, -0.1) is 11.3 Å². The van der Waals surface area contributed by atoms with Gasteiger partial charge < -0.3 is 5.32 Å². The highest BCUT2D eigenvalue weighted by Crippen LogP contribution is 2.40. The highest BCUT2D eigenvalue weighted by Gasteiger charge is 2.39. The summed E-state index contributed by atoms with van der Waals surface area (Å²) in [7, 11) is 0. The number of carbonyl (C=O) groups excluding carboxylic acids is 1. The van der Waals surface area contributed by atoms with E-state index in [0.29, 0.717) is 10.8 Å². The van der Waals surface area contributed by atoms with Gasteiger partial charge >= 0.3 is 0 Å². The normalized spacial score (nSPS) is 19.3. The molecule has 3 aromatic rings. The van der Waals surface area contributed by atoms with Crippen molar-refractivity contribution >= 4 is 17.2 Å². The summed E-state index contributed by atoms with van der Waals surface area (Å²) in [6.45, 7) is 0. The fourth-order valence-corrected chi connectivity index (χ4v) is 3.49. The average molecular weight is 321 g/mol. The van der Waals surface area contributed by atoms with E-state index in [2.05, 4.69) is 27.4 Å². The van der Waals surface area contributed by atoms with E-state index in [-0.39, 0.29) is 11.9 Å². The van der Waals surface area contributed by atoms with E-state index in [0.717, 1.165) is 17.0 Å². The zero-order chi connectivity index (χ0) is 15.6. The number of hydrogen-bond donors (Lipinski definition) is 1. The lowest BCUT2D eigenvalue weighted by molar-refractivity contribution is 0.0954. The Kier molecular flexibility index (Phi) is 3.63. The van der Waals surface area contributed by atoms with E-state index in [1.54, 1.807) is 18.6 Å². The summed E-state index contributed by atoms with van der Waals surface area (Å²) in [6, 6.07) is 14.3. The summed E-state index contributed by atoms with van der Waals surface area (Å²) in [6.07, 6.45) is 6.11. The Morgan fingerprint density at radius 3 is 2.70 bits per heavy atom.